The van der Waals surface area contributed by atoms with E-state index in [9.17, 15) is 14.4 Å². The lowest BCUT2D eigenvalue weighted by molar-refractivity contribution is 0.0998. The Balaban J connectivity index is 0.000000302. The van der Waals surface area contributed by atoms with Gasteiger partial charge in [0.25, 0.3) is 11.5 Å². The van der Waals surface area contributed by atoms with Crippen LogP contribution in [0, 0.1) is 17.8 Å². The van der Waals surface area contributed by atoms with E-state index in [2.05, 4.69) is 23.7 Å². The molecule has 0 saturated heterocycles. The lowest BCUT2D eigenvalue weighted by Crippen LogP contribution is -2.25. The average Bonchev–Trinajstić information content (AvgIpc) is 3.01. The number of nitrogens with two attached hydrogens (primary N) is 2. The summed E-state index contributed by atoms with van der Waals surface area (Å²) in [6, 6.07) is 1.06. The number of hydrogen-bond acceptors (Lipinski definition) is 3. The van der Waals surface area contributed by atoms with Crippen LogP contribution in [-0.4, -0.2) is 16.8 Å². The number of carbonyl (C=O) groups excluding carboxylic acids is 2. The Bertz CT molecular complexity index is 570. The summed E-state index contributed by atoms with van der Waals surface area (Å²) in [7, 11) is 0. The zero-order chi connectivity index (χ0) is 13.0. The van der Waals surface area contributed by atoms with Crippen LogP contribution in [0.1, 0.15) is 27.6 Å². The zero-order valence-corrected chi connectivity index (χ0v) is 9.11. The van der Waals surface area contributed by atoms with Gasteiger partial charge in [0, 0.05) is 6.20 Å². The summed E-state index contributed by atoms with van der Waals surface area (Å²) in [5, 5.41) is 0. The van der Waals surface area contributed by atoms with Crippen molar-refractivity contribution >= 4 is 11.8 Å². The van der Waals surface area contributed by atoms with Gasteiger partial charge in [-0.15, -0.1) is 0 Å². The number of hydrogen-bond donors (Lipinski definition) is 3. The van der Waals surface area contributed by atoms with Gasteiger partial charge in [0.15, 0.2) is 0 Å². The number of aromatic nitrogens is 1. The molecule has 0 radical (unpaired) electrons. The number of H-pyrrole nitrogens is 1. The van der Waals surface area contributed by atoms with Crippen LogP contribution >= 0.6 is 0 Å². The topological polar surface area (TPSA) is 119 Å². The molecule has 6 heteroatoms. The maximum absolute atomic E-state index is 10.9. The first-order chi connectivity index (χ1) is 7.91. The number of carbonyl (C=O) groups is 2. The van der Waals surface area contributed by atoms with Crippen molar-refractivity contribution in [1.29, 1.82) is 0 Å². The lowest BCUT2D eigenvalue weighted by Gasteiger charge is -1.96. The van der Waals surface area contributed by atoms with E-state index >= 15 is 0 Å². The molecule has 1 aliphatic carbocycles. The molecule has 1 aliphatic rings. The van der Waals surface area contributed by atoms with Crippen molar-refractivity contribution in [2.45, 2.75) is 6.92 Å². The highest BCUT2D eigenvalue weighted by atomic mass is 16.2. The fourth-order valence-electron chi connectivity index (χ4n) is 0.892. The first-order valence-electron chi connectivity index (χ1n) is 4.75. The summed E-state index contributed by atoms with van der Waals surface area (Å²) in [6.07, 6.45) is 1.12. The molecule has 1 aromatic heterocycles. The molecule has 0 atom stereocenters. The molecule has 0 unspecified atom stereocenters. The molecule has 0 aliphatic heterocycles. The number of nitrogens with one attached hydrogen (secondary N) is 1. The van der Waals surface area contributed by atoms with Crippen LogP contribution < -0.4 is 17.0 Å². The molecule has 1 heterocycles. The molecule has 1 aromatic rings. The lowest BCUT2D eigenvalue weighted by atomic mass is 10.2. The van der Waals surface area contributed by atoms with E-state index in [1.54, 1.807) is 0 Å². The van der Waals surface area contributed by atoms with Crippen LogP contribution in [-0.2, 0) is 0 Å². The van der Waals surface area contributed by atoms with E-state index < -0.39 is 17.4 Å². The predicted molar refractivity (Wildman–Crippen MR) is 61.0 cm³/mol. The highest BCUT2D eigenvalue weighted by Crippen LogP contribution is 1.98. The van der Waals surface area contributed by atoms with Crippen LogP contribution in [0.2, 0.25) is 0 Å². The number of pyridine rings is 1. The molecule has 2 rings (SSSR count). The molecule has 88 valence electrons. The van der Waals surface area contributed by atoms with Crippen molar-refractivity contribution in [1.82, 2.24) is 4.98 Å². The number of rotatable bonds is 2. The van der Waals surface area contributed by atoms with E-state index in [1.165, 1.54) is 0 Å². The Kier molecular flexibility index (Phi) is 3.67. The Labute approximate surface area is 97.0 Å². The highest BCUT2D eigenvalue weighted by molar-refractivity contribution is 5.97. The Morgan fingerprint density at radius 2 is 1.82 bits per heavy atom. The van der Waals surface area contributed by atoms with E-state index in [0.717, 1.165) is 12.3 Å². The van der Waals surface area contributed by atoms with Crippen LogP contribution in [0.15, 0.2) is 17.1 Å². The third-order valence-electron chi connectivity index (χ3n) is 1.89. The van der Waals surface area contributed by atoms with Gasteiger partial charge in [-0.25, -0.2) is 0 Å². The van der Waals surface area contributed by atoms with Gasteiger partial charge in [-0.3, -0.25) is 14.4 Å². The molecule has 5 N–H and O–H groups in total. The van der Waals surface area contributed by atoms with E-state index in [0.29, 0.717) is 5.92 Å². The molecule has 0 saturated carbocycles. The van der Waals surface area contributed by atoms with Gasteiger partial charge in [-0.05, 0) is 13.0 Å². The van der Waals surface area contributed by atoms with Crippen LogP contribution in [0.25, 0.3) is 0 Å². The molecule has 0 bridgehead atoms. The molecule has 0 spiro atoms. The van der Waals surface area contributed by atoms with Crippen molar-refractivity contribution in [3.63, 3.8) is 0 Å². The molecule has 2 amide bonds. The van der Waals surface area contributed by atoms with Crippen molar-refractivity contribution < 1.29 is 9.59 Å². The van der Waals surface area contributed by atoms with E-state index in [4.69, 9.17) is 11.5 Å². The summed E-state index contributed by atoms with van der Waals surface area (Å²) in [4.78, 5) is 34.4. The van der Waals surface area contributed by atoms with Crippen LogP contribution in [0.4, 0.5) is 0 Å². The molecular formula is C11H11N3O3. The van der Waals surface area contributed by atoms with Gasteiger partial charge in [0.05, 0.1) is 11.5 Å². The minimum atomic E-state index is -0.899. The fourth-order valence-corrected chi connectivity index (χ4v) is 0.892. The van der Waals surface area contributed by atoms with Gasteiger partial charge >= 0.3 is 0 Å². The summed E-state index contributed by atoms with van der Waals surface area (Å²) in [5.41, 5.74) is 8.91. The minimum Gasteiger partial charge on any atom is -0.366 e. The van der Waals surface area contributed by atoms with E-state index in [1.807, 2.05) is 0 Å². The molecule has 17 heavy (non-hydrogen) atoms. The Morgan fingerprint density at radius 1 is 1.29 bits per heavy atom. The van der Waals surface area contributed by atoms with Crippen molar-refractivity contribution in [2.24, 2.45) is 17.4 Å². The summed E-state index contributed by atoms with van der Waals surface area (Å²) in [6.45, 7) is 2.06. The van der Waals surface area contributed by atoms with Gasteiger partial charge in [-0.1, -0.05) is 11.8 Å². The smallest absolute Gasteiger partial charge is 0.260 e. The molecule has 0 fully saturated rings. The largest absolute Gasteiger partial charge is 0.366 e. The van der Waals surface area contributed by atoms with Crippen molar-refractivity contribution in [3.8, 4) is 11.8 Å². The third-order valence-corrected chi connectivity index (χ3v) is 1.89. The average molecular weight is 233 g/mol. The molecular weight excluding hydrogens is 222 g/mol. The summed E-state index contributed by atoms with van der Waals surface area (Å²) < 4.78 is 0. The number of primary amides is 2. The monoisotopic (exact) mass is 233 g/mol. The van der Waals surface area contributed by atoms with E-state index in [-0.39, 0.29) is 11.1 Å². The summed E-state index contributed by atoms with van der Waals surface area (Å²) in [5.74, 6) is 4.64. The first kappa shape index (κ1) is 12.5. The Hall–Kier alpha value is -2.55. The van der Waals surface area contributed by atoms with Gasteiger partial charge in [-0.2, -0.15) is 0 Å². The quantitative estimate of drug-likeness (QED) is 0.581. The fraction of sp³-hybridized carbons (Fsp3) is 0.182. The van der Waals surface area contributed by atoms with Crippen molar-refractivity contribution in [2.75, 3.05) is 0 Å². The standard InChI is InChI=1S/C7H7N3O3.C4H4/c8-5(11)3-1-4(6(9)12)7(13)10-2-3;1-4-2-3-4/h1-2H,(H2,8,11)(H2,9,12)(H,10,13);4H,1H3. The highest BCUT2D eigenvalue weighted by Gasteiger charge is 2.09. The van der Waals surface area contributed by atoms with Gasteiger partial charge in [0.2, 0.25) is 5.91 Å². The van der Waals surface area contributed by atoms with Crippen LogP contribution in [0.3, 0.4) is 0 Å². The first-order valence-corrected chi connectivity index (χ1v) is 4.75. The van der Waals surface area contributed by atoms with Gasteiger partial charge in [0.1, 0.15) is 5.56 Å². The second kappa shape index (κ2) is 4.99. The second-order valence-electron chi connectivity index (χ2n) is 3.37. The van der Waals surface area contributed by atoms with Gasteiger partial charge < -0.3 is 16.5 Å². The summed E-state index contributed by atoms with van der Waals surface area (Å²) >= 11 is 0. The van der Waals surface area contributed by atoms with Crippen LogP contribution in [0.5, 0.6) is 0 Å². The maximum Gasteiger partial charge on any atom is 0.260 e. The third kappa shape index (κ3) is 3.83. The maximum atomic E-state index is 10.9. The van der Waals surface area contributed by atoms with Crippen molar-refractivity contribution in [3.05, 3.63) is 33.7 Å². The predicted octanol–water partition coefficient (Wildman–Crippen LogP) is -0.788. The SMILES string of the molecule is CC1C#C1.NC(=O)c1c[nH]c(=O)c(C(N)=O)c1. The number of amides is 2. The normalized spacial score (nSPS) is 11.6. The Morgan fingerprint density at radius 3 is 2.18 bits per heavy atom. The molecule has 6 nitrogen and oxygen atoms in total. The second-order valence-corrected chi connectivity index (χ2v) is 3.37. The zero-order valence-electron chi connectivity index (χ0n) is 9.11. The molecule has 0 aromatic carbocycles. The minimum absolute atomic E-state index is 0.0356. The number of aromatic amines is 1.